The van der Waals surface area contributed by atoms with E-state index >= 15 is 0 Å². The Morgan fingerprint density at radius 3 is 2.07 bits per heavy atom. The minimum absolute atomic E-state index is 0.219. The van der Waals surface area contributed by atoms with Crippen LogP contribution in [0.1, 0.15) is 31.9 Å². The highest BCUT2D eigenvalue weighted by Crippen LogP contribution is 2.20. The van der Waals surface area contributed by atoms with Gasteiger partial charge in [0.1, 0.15) is 6.79 Å². The first-order chi connectivity index (χ1) is 7.01. The molecular formula is C13H20O2. The quantitative estimate of drug-likeness (QED) is 0.771. The topological polar surface area (TPSA) is 29.5 Å². The van der Waals surface area contributed by atoms with Crippen LogP contribution >= 0.6 is 0 Å². The Bertz CT molecular complexity index is 282. The van der Waals surface area contributed by atoms with E-state index in [0.717, 1.165) is 12.0 Å². The standard InChI is InChI=1S/C13H20O2/c1-13(2,3)8-11-4-6-12(7-5-11)9-15-10-14/h4-7,14H,8-10H2,1-3H3. The van der Waals surface area contributed by atoms with Gasteiger partial charge >= 0.3 is 0 Å². The summed E-state index contributed by atoms with van der Waals surface area (Å²) in [6.07, 6.45) is 1.08. The fraction of sp³-hybridized carbons (Fsp3) is 0.538. The van der Waals surface area contributed by atoms with Crippen LogP contribution in [0.2, 0.25) is 0 Å². The van der Waals surface area contributed by atoms with Crippen LogP contribution in [0, 0.1) is 5.41 Å². The number of aliphatic hydroxyl groups excluding tert-OH is 1. The molecule has 0 saturated heterocycles. The molecule has 1 rings (SSSR count). The predicted octanol–water partition coefficient (Wildman–Crippen LogP) is 2.74. The van der Waals surface area contributed by atoms with Gasteiger partial charge in [-0.2, -0.15) is 0 Å². The van der Waals surface area contributed by atoms with E-state index in [4.69, 9.17) is 9.84 Å². The molecule has 0 aromatic heterocycles. The summed E-state index contributed by atoms with van der Waals surface area (Å²) in [6, 6.07) is 8.36. The van der Waals surface area contributed by atoms with Crippen LogP contribution in [0.4, 0.5) is 0 Å². The molecule has 0 amide bonds. The van der Waals surface area contributed by atoms with Gasteiger partial charge in [-0.05, 0) is 23.0 Å². The Kier molecular flexibility index (Phi) is 4.30. The van der Waals surface area contributed by atoms with E-state index in [1.165, 1.54) is 5.56 Å². The van der Waals surface area contributed by atoms with Crippen LogP contribution in [0.15, 0.2) is 24.3 Å². The molecule has 0 unspecified atom stereocenters. The molecule has 0 heterocycles. The zero-order valence-electron chi connectivity index (χ0n) is 9.79. The van der Waals surface area contributed by atoms with Crippen LogP contribution in [0.5, 0.6) is 0 Å². The summed E-state index contributed by atoms with van der Waals surface area (Å²) in [5.41, 5.74) is 2.76. The molecule has 0 fully saturated rings. The summed E-state index contributed by atoms with van der Waals surface area (Å²) >= 11 is 0. The third-order valence-corrected chi connectivity index (χ3v) is 2.12. The monoisotopic (exact) mass is 208 g/mol. The maximum atomic E-state index is 8.51. The van der Waals surface area contributed by atoms with Gasteiger partial charge in [0, 0.05) is 0 Å². The molecule has 0 aliphatic carbocycles. The molecule has 0 saturated carbocycles. The number of aliphatic hydroxyl groups is 1. The molecule has 0 aliphatic rings. The lowest BCUT2D eigenvalue weighted by Gasteiger charge is -2.18. The molecule has 2 heteroatoms. The van der Waals surface area contributed by atoms with E-state index in [1.807, 2.05) is 0 Å². The molecule has 1 aromatic carbocycles. The molecule has 1 aromatic rings. The van der Waals surface area contributed by atoms with Gasteiger partial charge in [0.15, 0.2) is 0 Å². The van der Waals surface area contributed by atoms with Gasteiger partial charge in [-0.1, -0.05) is 45.0 Å². The van der Waals surface area contributed by atoms with E-state index < -0.39 is 0 Å². The number of hydrogen-bond acceptors (Lipinski definition) is 2. The molecule has 2 nitrogen and oxygen atoms in total. The maximum absolute atomic E-state index is 8.51. The van der Waals surface area contributed by atoms with Gasteiger partial charge in [-0.3, -0.25) is 0 Å². The molecule has 84 valence electrons. The van der Waals surface area contributed by atoms with Crippen molar-refractivity contribution in [2.24, 2.45) is 5.41 Å². The fourth-order valence-electron chi connectivity index (χ4n) is 1.53. The van der Waals surface area contributed by atoms with Gasteiger partial charge < -0.3 is 9.84 Å². The van der Waals surface area contributed by atoms with Crippen molar-refractivity contribution in [1.29, 1.82) is 0 Å². The average Bonchev–Trinajstić information content (AvgIpc) is 2.14. The zero-order chi connectivity index (χ0) is 11.3. The molecule has 15 heavy (non-hydrogen) atoms. The van der Waals surface area contributed by atoms with E-state index in [1.54, 1.807) is 0 Å². The molecule has 1 N–H and O–H groups in total. The first-order valence-corrected chi connectivity index (χ1v) is 5.28. The fourth-order valence-corrected chi connectivity index (χ4v) is 1.53. The molecule has 0 spiro atoms. The van der Waals surface area contributed by atoms with Crippen LogP contribution < -0.4 is 0 Å². The summed E-state index contributed by atoms with van der Waals surface area (Å²) in [5, 5.41) is 8.51. The Labute approximate surface area is 91.9 Å². The smallest absolute Gasteiger partial charge is 0.144 e. The van der Waals surface area contributed by atoms with Crippen LogP contribution in [0.3, 0.4) is 0 Å². The minimum Gasteiger partial charge on any atom is -0.371 e. The van der Waals surface area contributed by atoms with Crippen molar-refractivity contribution in [3.05, 3.63) is 35.4 Å². The van der Waals surface area contributed by atoms with Crippen molar-refractivity contribution in [3.63, 3.8) is 0 Å². The highest BCUT2D eigenvalue weighted by molar-refractivity contribution is 5.22. The summed E-state index contributed by atoms with van der Waals surface area (Å²) in [6.45, 7) is 6.96. The second-order valence-electron chi connectivity index (χ2n) is 5.03. The van der Waals surface area contributed by atoms with Crippen LogP contribution in [0.25, 0.3) is 0 Å². The van der Waals surface area contributed by atoms with E-state index in [-0.39, 0.29) is 6.79 Å². The molecule has 0 aliphatic heterocycles. The molecular weight excluding hydrogens is 188 g/mol. The highest BCUT2D eigenvalue weighted by Gasteiger charge is 2.10. The lowest BCUT2D eigenvalue weighted by molar-refractivity contribution is -0.0112. The van der Waals surface area contributed by atoms with Crippen molar-refractivity contribution in [2.45, 2.75) is 33.8 Å². The number of benzene rings is 1. The zero-order valence-corrected chi connectivity index (χ0v) is 9.79. The third-order valence-electron chi connectivity index (χ3n) is 2.12. The second-order valence-corrected chi connectivity index (χ2v) is 5.03. The van der Waals surface area contributed by atoms with E-state index in [2.05, 4.69) is 45.0 Å². The molecule has 0 radical (unpaired) electrons. The Balaban J connectivity index is 2.56. The van der Waals surface area contributed by atoms with E-state index in [9.17, 15) is 0 Å². The van der Waals surface area contributed by atoms with Gasteiger partial charge in [-0.15, -0.1) is 0 Å². The summed E-state index contributed by atoms with van der Waals surface area (Å²) < 4.78 is 4.92. The second kappa shape index (κ2) is 5.29. The normalized spacial score (nSPS) is 11.7. The lowest BCUT2D eigenvalue weighted by Crippen LogP contribution is -2.09. The number of rotatable bonds is 4. The Morgan fingerprint density at radius 1 is 1.07 bits per heavy atom. The van der Waals surface area contributed by atoms with Crippen molar-refractivity contribution in [1.82, 2.24) is 0 Å². The highest BCUT2D eigenvalue weighted by atomic mass is 16.6. The van der Waals surface area contributed by atoms with Crippen molar-refractivity contribution < 1.29 is 9.84 Å². The largest absolute Gasteiger partial charge is 0.371 e. The van der Waals surface area contributed by atoms with E-state index in [0.29, 0.717) is 12.0 Å². The summed E-state index contributed by atoms with van der Waals surface area (Å²) in [5.74, 6) is 0. The number of hydrogen-bond donors (Lipinski definition) is 1. The first-order valence-electron chi connectivity index (χ1n) is 5.28. The average molecular weight is 208 g/mol. The minimum atomic E-state index is -0.219. The summed E-state index contributed by atoms with van der Waals surface area (Å²) in [7, 11) is 0. The van der Waals surface area contributed by atoms with Gasteiger partial charge in [-0.25, -0.2) is 0 Å². The predicted molar refractivity (Wildman–Crippen MR) is 61.5 cm³/mol. The first kappa shape index (κ1) is 12.2. The Morgan fingerprint density at radius 2 is 1.60 bits per heavy atom. The van der Waals surface area contributed by atoms with Gasteiger partial charge in [0.25, 0.3) is 0 Å². The van der Waals surface area contributed by atoms with Crippen LogP contribution in [-0.2, 0) is 17.8 Å². The Hall–Kier alpha value is -0.860. The molecule has 0 atom stereocenters. The SMILES string of the molecule is CC(C)(C)Cc1ccc(COCO)cc1. The lowest BCUT2D eigenvalue weighted by atomic mass is 9.88. The maximum Gasteiger partial charge on any atom is 0.144 e. The molecule has 0 bridgehead atoms. The van der Waals surface area contributed by atoms with Crippen LogP contribution in [-0.4, -0.2) is 11.9 Å². The third kappa shape index (κ3) is 4.96. The van der Waals surface area contributed by atoms with Gasteiger partial charge in [0.2, 0.25) is 0 Å². The summed E-state index contributed by atoms with van der Waals surface area (Å²) in [4.78, 5) is 0. The van der Waals surface area contributed by atoms with Crippen molar-refractivity contribution in [3.8, 4) is 0 Å². The number of ether oxygens (including phenoxy) is 1. The van der Waals surface area contributed by atoms with Crippen molar-refractivity contribution in [2.75, 3.05) is 6.79 Å². The van der Waals surface area contributed by atoms with Crippen molar-refractivity contribution >= 4 is 0 Å². The van der Waals surface area contributed by atoms with Gasteiger partial charge in [0.05, 0.1) is 6.61 Å².